The maximum atomic E-state index is 12.9. The Kier molecular flexibility index (Phi) is 5.23. The zero-order valence-corrected chi connectivity index (χ0v) is 16.2. The Labute approximate surface area is 164 Å². The van der Waals surface area contributed by atoms with Gasteiger partial charge in [0.2, 0.25) is 0 Å². The minimum Gasteiger partial charge on any atom is -0.290 e. The molecule has 0 aromatic heterocycles. The molecular weight excluding hydrogens is 358 g/mol. The van der Waals surface area contributed by atoms with Crippen LogP contribution in [-0.4, -0.2) is 21.2 Å². The van der Waals surface area contributed by atoms with E-state index in [0.29, 0.717) is 10.4 Å². The molecule has 2 aromatic carbocycles. The van der Waals surface area contributed by atoms with Gasteiger partial charge in [-0.2, -0.15) is 0 Å². The molecule has 4 heteroatoms. The van der Waals surface area contributed by atoms with Crippen molar-refractivity contribution in [3.63, 3.8) is 0 Å². The summed E-state index contributed by atoms with van der Waals surface area (Å²) in [7, 11) is 0. The number of carbonyl (C=O) groups is 1. The van der Waals surface area contributed by atoms with Gasteiger partial charge in [0.15, 0.2) is 0 Å². The van der Waals surface area contributed by atoms with E-state index in [0.717, 1.165) is 23.3 Å². The first-order valence-corrected chi connectivity index (χ1v) is 10.4. The van der Waals surface area contributed by atoms with Gasteiger partial charge in [-0.1, -0.05) is 97.8 Å². The van der Waals surface area contributed by atoms with Crippen molar-refractivity contribution >= 4 is 40.3 Å². The topological polar surface area (TPSA) is 20.3 Å². The molecule has 0 radical (unpaired) electrons. The molecule has 0 spiro atoms. The van der Waals surface area contributed by atoms with Crippen LogP contribution in [-0.2, 0) is 4.79 Å². The SMILES string of the molecule is O=C1C(=Cc2ccc(-c3ccccc3)cc2)SC(=S)N1C1CCCCC1. The van der Waals surface area contributed by atoms with Crippen molar-refractivity contribution in [1.29, 1.82) is 0 Å². The minimum absolute atomic E-state index is 0.0824. The fourth-order valence-electron chi connectivity index (χ4n) is 3.69. The highest BCUT2D eigenvalue weighted by molar-refractivity contribution is 8.26. The molecule has 0 unspecified atom stereocenters. The van der Waals surface area contributed by atoms with Gasteiger partial charge in [-0.05, 0) is 35.6 Å². The van der Waals surface area contributed by atoms with Crippen LogP contribution in [0.5, 0.6) is 0 Å². The summed E-state index contributed by atoms with van der Waals surface area (Å²) in [6, 6.07) is 18.9. The molecule has 1 aliphatic heterocycles. The molecule has 2 aromatic rings. The van der Waals surface area contributed by atoms with Crippen LogP contribution in [0.3, 0.4) is 0 Å². The Morgan fingerprint density at radius 2 is 1.58 bits per heavy atom. The highest BCUT2D eigenvalue weighted by Crippen LogP contribution is 2.37. The third kappa shape index (κ3) is 3.62. The summed E-state index contributed by atoms with van der Waals surface area (Å²) in [4.78, 5) is 15.5. The van der Waals surface area contributed by atoms with Gasteiger partial charge in [-0.25, -0.2) is 0 Å². The number of hydrogen-bond acceptors (Lipinski definition) is 3. The molecule has 2 fully saturated rings. The number of thiocarbonyl (C=S) groups is 1. The van der Waals surface area contributed by atoms with Gasteiger partial charge in [0.05, 0.1) is 4.91 Å². The summed E-state index contributed by atoms with van der Waals surface area (Å²) >= 11 is 6.94. The van der Waals surface area contributed by atoms with Crippen molar-refractivity contribution in [3.8, 4) is 11.1 Å². The number of rotatable bonds is 3. The predicted molar refractivity (Wildman–Crippen MR) is 114 cm³/mol. The van der Waals surface area contributed by atoms with Crippen LogP contribution in [0.4, 0.5) is 0 Å². The lowest BCUT2D eigenvalue weighted by Gasteiger charge is -2.29. The highest BCUT2D eigenvalue weighted by atomic mass is 32.2. The number of hydrogen-bond donors (Lipinski definition) is 0. The van der Waals surface area contributed by atoms with Crippen LogP contribution in [0.25, 0.3) is 17.2 Å². The van der Waals surface area contributed by atoms with E-state index in [1.54, 1.807) is 0 Å². The molecule has 132 valence electrons. The average Bonchev–Trinajstić information content (AvgIpc) is 2.97. The van der Waals surface area contributed by atoms with Crippen LogP contribution in [0.2, 0.25) is 0 Å². The zero-order chi connectivity index (χ0) is 17.9. The van der Waals surface area contributed by atoms with Crippen molar-refractivity contribution in [3.05, 3.63) is 65.1 Å². The molecule has 2 nitrogen and oxygen atoms in total. The van der Waals surface area contributed by atoms with E-state index in [-0.39, 0.29) is 5.91 Å². The predicted octanol–water partition coefficient (Wildman–Crippen LogP) is 5.89. The summed E-state index contributed by atoms with van der Waals surface area (Å²) in [6.45, 7) is 0. The highest BCUT2D eigenvalue weighted by Gasteiger charge is 2.37. The van der Waals surface area contributed by atoms with Crippen LogP contribution in [0.1, 0.15) is 37.7 Å². The van der Waals surface area contributed by atoms with E-state index in [2.05, 4.69) is 36.4 Å². The van der Waals surface area contributed by atoms with Crippen molar-refractivity contribution in [2.75, 3.05) is 0 Å². The van der Waals surface area contributed by atoms with Gasteiger partial charge in [0.1, 0.15) is 4.32 Å². The van der Waals surface area contributed by atoms with Crippen LogP contribution in [0.15, 0.2) is 59.5 Å². The third-order valence-corrected chi connectivity index (χ3v) is 6.41. The molecule has 0 bridgehead atoms. The monoisotopic (exact) mass is 379 g/mol. The van der Waals surface area contributed by atoms with Crippen LogP contribution < -0.4 is 0 Å². The molecule has 1 heterocycles. The van der Waals surface area contributed by atoms with Crippen molar-refractivity contribution < 1.29 is 4.79 Å². The second-order valence-electron chi connectivity index (χ2n) is 6.83. The maximum absolute atomic E-state index is 12.9. The van der Waals surface area contributed by atoms with E-state index in [1.807, 2.05) is 29.2 Å². The minimum atomic E-state index is 0.0824. The summed E-state index contributed by atoms with van der Waals surface area (Å²) in [6.07, 6.45) is 7.78. The lowest BCUT2D eigenvalue weighted by Crippen LogP contribution is -2.39. The molecule has 1 aliphatic carbocycles. The molecule has 2 aliphatic rings. The lowest BCUT2D eigenvalue weighted by molar-refractivity contribution is -0.124. The second-order valence-corrected chi connectivity index (χ2v) is 8.51. The third-order valence-electron chi connectivity index (χ3n) is 5.08. The van der Waals surface area contributed by atoms with Crippen LogP contribution >= 0.6 is 24.0 Å². The van der Waals surface area contributed by atoms with Gasteiger partial charge in [-0.15, -0.1) is 0 Å². The van der Waals surface area contributed by atoms with E-state index in [9.17, 15) is 4.79 Å². The van der Waals surface area contributed by atoms with Crippen LogP contribution in [0, 0.1) is 0 Å². The smallest absolute Gasteiger partial charge is 0.266 e. The standard InChI is InChI=1S/C22H21NOS2/c24-21-20(26-22(25)23(21)19-9-5-2-6-10-19)15-16-11-13-18(14-12-16)17-7-3-1-4-8-17/h1,3-4,7-8,11-15,19H,2,5-6,9-10H2. The summed E-state index contributed by atoms with van der Waals surface area (Å²) in [5.41, 5.74) is 3.41. The van der Waals surface area contributed by atoms with Gasteiger partial charge >= 0.3 is 0 Å². The quantitative estimate of drug-likeness (QED) is 0.490. The van der Waals surface area contributed by atoms with Crippen molar-refractivity contribution in [2.45, 2.75) is 38.1 Å². The van der Waals surface area contributed by atoms with E-state index >= 15 is 0 Å². The van der Waals surface area contributed by atoms with E-state index in [4.69, 9.17) is 12.2 Å². The normalized spacial score (nSPS) is 20.2. The summed E-state index contributed by atoms with van der Waals surface area (Å²) in [5, 5.41) is 0. The first-order chi connectivity index (χ1) is 12.7. The molecule has 1 saturated heterocycles. The molecule has 4 rings (SSSR count). The Morgan fingerprint density at radius 1 is 0.923 bits per heavy atom. The summed E-state index contributed by atoms with van der Waals surface area (Å²) in [5.74, 6) is 0.0824. The van der Waals surface area contributed by atoms with Gasteiger partial charge in [0, 0.05) is 6.04 Å². The van der Waals surface area contributed by atoms with Gasteiger partial charge in [0.25, 0.3) is 5.91 Å². The van der Waals surface area contributed by atoms with Crippen molar-refractivity contribution in [2.24, 2.45) is 0 Å². The largest absolute Gasteiger partial charge is 0.290 e. The first-order valence-electron chi connectivity index (χ1n) is 9.15. The molecule has 1 saturated carbocycles. The zero-order valence-electron chi connectivity index (χ0n) is 14.6. The molecule has 0 N–H and O–H groups in total. The van der Waals surface area contributed by atoms with E-state index in [1.165, 1.54) is 42.2 Å². The Balaban J connectivity index is 1.53. The average molecular weight is 380 g/mol. The molecule has 26 heavy (non-hydrogen) atoms. The number of thioether (sulfide) groups is 1. The molecule has 1 amide bonds. The fourth-order valence-corrected chi connectivity index (χ4v) is 5.09. The number of benzene rings is 2. The number of nitrogens with zero attached hydrogens (tertiary/aromatic N) is 1. The fraction of sp³-hybridized carbons (Fsp3) is 0.273. The Bertz CT molecular complexity index is 836. The van der Waals surface area contributed by atoms with Crippen molar-refractivity contribution in [1.82, 2.24) is 4.90 Å². The molecule has 0 atom stereocenters. The Hall–Kier alpha value is -1.91. The van der Waals surface area contributed by atoms with Gasteiger partial charge in [-0.3, -0.25) is 9.69 Å². The Morgan fingerprint density at radius 3 is 2.27 bits per heavy atom. The maximum Gasteiger partial charge on any atom is 0.266 e. The number of amides is 1. The van der Waals surface area contributed by atoms with Gasteiger partial charge < -0.3 is 0 Å². The molecular formula is C22H21NOS2. The second kappa shape index (κ2) is 7.77. The first kappa shape index (κ1) is 17.5. The van der Waals surface area contributed by atoms with E-state index < -0.39 is 0 Å². The lowest BCUT2D eigenvalue weighted by atomic mass is 9.94. The summed E-state index contributed by atoms with van der Waals surface area (Å²) < 4.78 is 0.717. The number of carbonyl (C=O) groups excluding carboxylic acids is 1.